The second-order valence-corrected chi connectivity index (χ2v) is 11.0. The van der Waals surface area contributed by atoms with Gasteiger partial charge in [0.25, 0.3) is 0 Å². The second-order valence-electron chi connectivity index (χ2n) is 11.0. The van der Waals surface area contributed by atoms with E-state index in [9.17, 15) is 0 Å². The van der Waals surface area contributed by atoms with Crippen LogP contribution in [0.25, 0.3) is 49.9 Å². The van der Waals surface area contributed by atoms with Crippen molar-refractivity contribution in [3.8, 4) is 28.1 Å². The van der Waals surface area contributed by atoms with Crippen LogP contribution in [0.15, 0.2) is 114 Å². The normalized spacial score (nSPS) is 15.1. The van der Waals surface area contributed by atoms with Gasteiger partial charge in [-0.05, 0) is 72.0 Å². The number of hydrogen-bond acceptors (Lipinski definition) is 3. The first-order chi connectivity index (χ1) is 19.5. The molecule has 3 heterocycles. The largest absolute Gasteiger partial charge is 0.475 e. The molecule has 4 aromatic carbocycles. The lowest BCUT2D eigenvalue weighted by molar-refractivity contribution is 0.292. The summed E-state index contributed by atoms with van der Waals surface area (Å²) >= 11 is 0. The Morgan fingerprint density at radius 1 is 0.725 bits per heavy atom. The molecule has 1 aliphatic heterocycles. The number of pyridine rings is 1. The quantitative estimate of drug-likeness (QED) is 0.228. The minimum absolute atomic E-state index is 0.177. The number of ether oxygens (including phenoxy) is 1. The van der Waals surface area contributed by atoms with Crippen molar-refractivity contribution in [2.75, 3.05) is 6.61 Å². The molecule has 40 heavy (non-hydrogen) atoms. The third kappa shape index (κ3) is 4.26. The number of aliphatic imine (C=N–C) groups is 1. The standard InChI is InChI=1S/C36H31N3O/c1-23(2)33-22-40-36(38-33)28-18-27(25-9-5-4-6-10-25)19-29(20-28)39-34-12-8-7-11-30(34)31-14-13-26(21-35(31)39)32-17-24(3)15-16-37-32/h4-21,23,33H,22H2,1-3H3/t33-/m0/s1. The van der Waals surface area contributed by atoms with Gasteiger partial charge in [-0.3, -0.25) is 4.98 Å². The molecule has 0 amide bonds. The van der Waals surface area contributed by atoms with E-state index in [4.69, 9.17) is 9.73 Å². The van der Waals surface area contributed by atoms with Crippen molar-refractivity contribution < 1.29 is 4.74 Å². The highest BCUT2D eigenvalue weighted by Crippen LogP contribution is 2.36. The van der Waals surface area contributed by atoms with Crippen LogP contribution in [-0.4, -0.2) is 28.1 Å². The van der Waals surface area contributed by atoms with Crippen LogP contribution in [0.3, 0.4) is 0 Å². The molecule has 2 aromatic heterocycles. The van der Waals surface area contributed by atoms with Gasteiger partial charge in [0.05, 0.1) is 22.8 Å². The molecule has 6 aromatic rings. The molecule has 0 saturated carbocycles. The summed E-state index contributed by atoms with van der Waals surface area (Å²) in [6, 6.07) is 36.9. The maximum Gasteiger partial charge on any atom is 0.216 e. The predicted octanol–water partition coefficient (Wildman–Crippen LogP) is 8.62. The van der Waals surface area contributed by atoms with Crippen LogP contribution in [-0.2, 0) is 4.74 Å². The molecule has 0 aliphatic carbocycles. The van der Waals surface area contributed by atoms with Crippen LogP contribution in [0.4, 0.5) is 0 Å². The molecular formula is C36H31N3O. The van der Waals surface area contributed by atoms with E-state index in [-0.39, 0.29) is 6.04 Å². The van der Waals surface area contributed by atoms with Crippen LogP contribution >= 0.6 is 0 Å². The van der Waals surface area contributed by atoms with E-state index in [1.807, 2.05) is 12.3 Å². The molecule has 0 fully saturated rings. The first-order valence-corrected chi connectivity index (χ1v) is 13.9. The van der Waals surface area contributed by atoms with Crippen LogP contribution in [0.5, 0.6) is 0 Å². The van der Waals surface area contributed by atoms with Crippen LogP contribution in [0.2, 0.25) is 0 Å². The molecule has 4 heteroatoms. The molecule has 0 N–H and O–H groups in total. The fourth-order valence-electron chi connectivity index (χ4n) is 5.65. The Labute approximate surface area is 234 Å². The van der Waals surface area contributed by atoms with Gasteiger partial charge in [0, 0.05) is 33.8 Å². The Morgan fingerprint density at radius 2 is 1.50 bits per heavy atom. The summed E-state index contributed by atoms with van der Waals surface area (Å²) in [7, 11) is 0. The van der Waals surface area contributed by atoms with Crippen LogP contribution in [0, 0.1) is 12.8 Å². The van der Waals surface area contributed by atoms with E-state index in [0.29, 0.717) is 12.5 Å². The van der Waals surface area contributed by atoms with Crippen molar-refractivity contribution >= 4 is 27.7 Å². The Kier molecular flexibility index (Phi) is 5.96. The number of hydrogen-bond donors (Lipinski definition) is 0. The predicted molar refractivity (Wildman–Crippen MR) is 165 cm³/mol. The lowest BCUT2D eigenvalue weighted by Gasteiger charge is -2.14. The van der Waals surface area contributed by atoms with Crippen LogP contribution < -0.4 is 0 Å². The van der Waals surface area contributed by atoms with Gasteiger partial charge in [-0.15, -0.1) is 0 Å². The number of aromatic nitrogens is 2. The average Bonchev–Trinajstić information content (AvgIpc) is 3.61. The van der Waals surface area contributed by atoms with Crippen molar-refractivity contribution in [2.24, 2.45) is 10.9 Å². The van der Waals surface area contributed by atoms with Crippen molar-refractivity contribution in [3.63, 3.8) is 0 Å². The van der Waals surface area contributed by atoms with E-state index in [2.05, 4.69) is 127 Å². The third-order valence-electron chi connectivity index (χ3n) is 7.86. The summed E-state index contributed by atoms with van der Waals surface area (Å²) < 4.78 is 8.54. The van der Waals surface area contributed by atoms with Gasteiger partial charge in [0.2, 0.25) is 5.90 Å². The molecule has 0 unspecified atom stereocenters. The van der Waals surface area contributed by atoms with Gasteiger partial charge in [-0.2, -0.15) is 0 Å². The zero-order valence-corrected chi connectivity index (χ0v) is 23.0. The minimum atomic E-state index is 0.177. The monoisotopic (exact) mass is 521 g/mol. The lowest BCUT2D eigenvalue weighted by atomic mass is 10.0. The average molecular weight is 522 g/mol. The summed E-state index contributed by atoms with van der Waals surface area (Å²) in [5, 5.41) is 2.44. The molecule has 7 rings (SSSR count). The van der Waals surface area contributed by atoms with Crippen molar-refractivity contribution in [2.45, 2.75) is 26.8 Å². The highest BCUT2D eigenvalue weighted by molar-refractivity contribution is 6.10. The number of rotatable bonds is 5. The minimum Gasteiger partial charge on any atom is -0.475 e. The van der Waals surface area contributed by atoms with Gasteiger partial charge < -0.3 is 9.30 Å². The van der Waals surface area contributed by atoms with Gasteiger partial charge in [-0.25, -0.2) is 4.99 Å². The number of benzene rings is 4. The Hall–Kier alpha value is -4.70. The van der Waals surface area contributed by atoms with Gasteiger partial charge in [0.1, 0.15) is 6.61 Å². The number of fused-ring (bicyclic) bond motifs is 3. The molecule has 0 spiro atoms. The molecular weight excluding hydrogens is 490 g/mol. The Morgan fingerprint density at radius 3 is 2.30 bits per heavy atom. The van der Waals surface area contributed by atoms with E-state index >= 15 is 0 Å². The SMILES string of the molecule is Cc1ccnc(-c2ccc3c4ccccc4n(-c4cc(C5=N[C@H](C(C)C)CO5)cc(-c5ccccc5)c4)c3c2)c1. The van der Waals surface area contributed by atoms with Gasteiger partial charge >= 0.3 is 0 Å². The molecule has 1 atom stereocenters. The summed E-state index contributed by atoms with van der Waals surface area (Å²) in [5.41, 5.74) is 9.96. The highest BCUT2D eigenvalue weighted by atomic mass is 16.5. The lowest BCUT2D eigenvalue weighted by Crippen LogP contribution is -2.13. The fraction of sp³-hybridized carbons (Fsp3) is 0.167. The number of para-hydroxylation sites is 1. The van der Waals surface area contributed by atoms with E-state index in [1.54, 1.807) is 0 Å². The summed E-state index contributed by atoms with van der Waals surface area (Å²) in [6.45, 7) is 7.13. The molecule has 0 radical (unpaired) electrons. The van der Waals surface area contributed by atoms with Crippen molar-refractivity contribution in [1.29, 1.82) is 0 Å². The zero-order chi connectivity index (χ0) is 27.2. The topological polar surface area (TPSA) is 39.4 Å². The first kappa shape index (κ1) is 24.3. The summed E-state index contributed by atoms with van der Waals surface area (Å²) in [5.74, 6) is 1.16. The van der Waals surface area contributed by atoms with Crippen molar-refractivity contribution in [1.82, 2.24) is 9.55 Å². The molecule has 1 aliphatic rings. The van der Waals surface area contributed by atoms with E-state index in [1.165, 1.54) is 16.3 Å². The smallest absolute Gasteiger partial charge is 0.216 e. The van der Waals surface area contributed by atoms with E-state index < -0.39 is 0 Å². The number of nitrogens with zero attached hydrogens (tertiary/aromatic N) is 3. The van der Waals surface area contributed by atoms with Crippen molar-refractivity contribution in [3.05, 3.63) is 120 Å². The van der Waals surface area contributed by atoms with Crippen LogP contribution in [0.1, 0.15) is 25.0 Å². The highest BCUT2D eigenvalue weighted by Gasteiger charge is 2.24. The third-order valence-corrected chi connectivity index (χ3v) is 7.86. The first-order valence-electron chi connectivity index (χ1n) is 13.9. The second kappa shape index (κ2) is 9.80. The van der Waals surface area contributed by atoms with E-state index in [0.717, 1.165) is 50.6 Å². The fourth-order valence-corrected chi connectivity index (χ4v) is 5.65. The zero-order valence-electron chi connectivity index (χ0n) is 23.0. The molecule has 4 nitrogen and oxygen atoms in total. The molecule has 0 saturated heterocycles. The maximum atomic E-state index is 6.17. The van der Waals surface area contributed by atoms with Gasteiger partial charge in [-0.1, -0.05) is 74.5 Å². The maximum absolute atomic E-state index is 6.17. The molecule has 0 bridgehead atoms. The summed E-state index contributed by atoms with van der Waals surface area (Å²) in [6.07, 6.45) is 1.88. The molecule has 196 valence electrons. The Balaban J connectivity index is 1.50. The number of aryl methyl sites for hydroxylation is 1. The Bertz CT molecular complexity index is 1900. The summed E-state index contributed by atoms with van der Waals surface area (Å²) in [4.78, 5) is 9.65. The van der Waals surface area contributed by atoms with Gasteiger partial charge in [0.15, 0.2) is 0 Å².